The van der Waals surface area contributed by atoms with Crippen molar-refractivity contribution in [3.05, 3.63) is 35.9 Å². The van der Waals surface area contributed by atoms with Crippen molar-refractivity contribution >= 4 is 11.7 Å². The maximum Gasteiger partial charge on any atom is 0.249 e. The molecule has 1 aromatic carbocycles. The molecule has 1 amide bonds. The average molecular weight is 256 g/mol. The molecule has 19 heavy (non-hydrogen) atoms. The molecular weight excluding hydrogens is 236 g/mol. The number of benzene rings is 1. The van der Waals surface area contributed by atoms with Crippen LogP contribution in [0.5, 0.6) is 0 Å². The first-order chi connectivity index (χ1) is 9.22. The summed E-state index contributed by atoms with van der Waals surface area (Å²) < 4.78 is 0. The third kappa shape index (κ3) is 2.07. The number of aliphatic imine (C=N–C) groups is 1. The molecule has 1 heterocycles. The van der Waals surface area contributed by atoms with E-state index in [-0.39, 0.29) is 17.4 Å². The third-order valence-electron chi connectivity index (χ3n) is 4.43. The first kappa shape index (κ1) is 12.4. The van der Waals surface area contributed by atoms with Crippen molar-refractivity contribution in [1.82, 2.24) is 5.32 Å². The Labute approximate surface area is 114 Å². The molecule has 1 saturated carbocycles. The molecule has 0 saturated heterocycles. The summed E-state index contributed by atoms with van der Waals surface area (Å²) in [6, 6.07) is 10.3. The van der Waals surface area contributed by atoms with Gasteiger partial charge < -0.3 is 5.32 Å². The highest BCUT2D eigenvalue weighted by Gasteiger charge is 2.42. The molecule has 3 heteroatoms. The number of nitrogens with one attached hydrogen (secondary N) is 1. The van der Waals surface area contributed by atoms with Gasteiger partial charge in [-0.3, -0.25) is 9.79 Å². The fraction of sp³-hybridized carbons (Fsp3) is 0.500. The Balaban J connectivity index is 2.03. The summed E-state index contributed by atoms with van der Waals surface area (Å²) in [5, 5.41) is 3.02. The van der Waals surface area contributed by atoms with Crippen LogP contribution in [0.15, 0.2) is 35.3 Å². The maximum atomic E-state index is 11.8. The van der Waals surface area contributed by atoms with Crippen LogP contribution in [-0.4, -0.2) is 17.8 Å². The summed E-state index contributed by atoms with van der Waals surface area (Å²) in [6.07, 6.45) is 5.87. The van der Waals surface area contributed by atoms with Crippen molar-refractivity contribution in [1.29, 1.82) is 0 Å². The van der Waals surface area contributed by atoms with Crippen molar-refractivity contribution in [2.24, 2.45) is 4.99 Å². The molecule has 1 aliphatic heterocycles. The highest BCUT2D eigenvalue weighted by atomic mass is 16.2. The lowest BCUT2D eigenvalue weighted by molar-refractivity contribution is -0.119. The van der Waals surface area contributed by atoms with Crippen LogP contribution < -0.4 is 5.32 Å². The summed E-state index contributed by atoms with van der Waals surface area (Å²) in [5.74, 6) is 0.937. The molecule has 1 N–H and O–H groups in total. The Hall–Kier alpha value is -1.64. The predicted octanol–water partition coefficient (Wildman–Crippen LogP) is 2.81. The van der Waals surface area contributed by atoms with Gasteiger partial charge in [-0.15, -0.1) is 0 Å². The zero-order valence-corrected chi connectivity index (χ0v) is 11.4. The molecule has 1 aliphatic carbocycles. The number of amidine groups is 1. The lowest BCUT2D eigenvalue weighted by Gasteiger charge is -2.37. The van der Waals surface area contributed by atoms with E-state index in [4.69, 9.17) is 0 Å². The third-order valence-corrected chi connectivity index (χ3v) is 4.43. The summed E-state index contributed by atoms with van der Waals surface area (Å²) in [6.45, 7) is 1.86. The van der Waals surface area contributed by atoms with E-state index < -0.39 is 0 Å². The molecule has 3 nitrogen and oxygen atoms in total. The minimum Gasteiger partial charge on any atom is -0.312 e. The van der Waals surface area contributed by atoms with Gasteiger partial charge in [0.2, 0.25) is 5.91 Å². The molecule has 0 spiro atoms. The second-order valence-corrected chi connectivity index (χ2v) is 5.65. The highest BCUT2D eigenvalue weighted by molar-refractivity contribution is 6.10. The lowest BCUT2D eigenvalue weighted by Crippen LogP contribution is -2.45. The fourth-order valence-corrected chi connectivity index (χ4v) is 3.32. The standard InChI is InChI=1S/C16H20N2O/c1-12-14(19)18-15(17-12)16(10-6-3-7-11-16)13-8-4-2-5-9-13/h2,4-5,8-9,12H,3,6-7,10-11H2,1H3,(H,17,18,19). The van der Waals surface area contributed by atoms with Gasteiger partial charge in [-0.1, -0.05) is 49.6 Å². The van der Waals surface area contributed by atoms with E-state index in [0.717, 1.165) is 18.7 Å². The van der Waals surface area contributed by atoms with E-state index >= 15 is 0 Å². The molecule has 100 valence electrons. The number of rotatable bonds is 2. The topological polar surface area (TPSA) is 41.5 Å². The zero-order chi connectivity index (χ0) is 13.3. The molecule has 3 rings (SSSR count). The Morgan fingerprint density at radius 3 is 2.42 bits per heavy atom. The monoisotopic (exact) mass is 256 g/mol. The number of nitrogens with zero attached hydrogens (tertiary/aromatic N) is 1. The second kappa shape index (κ2) is 4.80. The van der Waals surface area contributed by atoms with Crippen LogP contribution in [0.2, 0.25) is 0 Å². The average Bonchev–Trinajstić information content (AvgIpc) is 2.81. The fourth-order valence-electron chi connectivity index (χ4n) is 3.32. The van der Waals surface area contributed by atoms with E-state index in [2.05, 4.69) is 34.6 Å². The van der Waals surface area contributed by atoms with Crippen LogP contribution in [-0.2, 0) is 10.2 Å². The number of hydrogen-bond donors (Lipinski definition) is 1. The van der Waals surface area contributed by atoms with E-state index in [0.29, 0.717) is 0 Å². The van der Waals surface area contributed by atoms with E-state index in [1.54, 1.807) is 0 Å². The number of amides is 1. The van der Waals surface area contributed by atoms with Crippen molar-refractivity contribution in [2.75, 3.05) is 0 Å². The Kier molecular flexibility index (Phi) is 3.13. The van der Waals surface area contributed by atoms with Crippen molar-refractivity contribution in [3.8, 4) is 0 Å². The minimum absolute atomic E-state index is 0.0379. The first-order valence-corrected chi connectivity index (χ1v) is 7.17. The van der Waals surface area contributed by atoms with E-state index in [1.165, 1.54) is 24.8 Å². The van der Waals surface area contributed by atoms with Crippen LogP contribution in [0.1, 0.15) is 44.6 Å². The molecule has 0 radical (unpaired) electrons. The molecule has 1 atom stereocenters. The molecule has 1 aromatic rings. The maximum absolute atomic E-state index is 11.8. The van der Waals surface area contributed by atoms with Gasteiger partial charge in [0, 0.05) is 0 Å². The van der Waals surface area contributed by atoms with Crippen LogP contribution in [0.4, 0.5) is 0 Å². The van der Waals surface area contributed by atoms with Gasteiger partial charge in [0.15, 0.2) is 0 Å². The normalized spacial score (nSPS) is 25.8. The van der Waals surface area contributed by atoms with Gasteiger partial charge in [0.05, 0.1) is 5.41 Å². The van der Waals surface area contributed by atoms with Gasteiger partial charge in [-0.25, -0.2) is 0 Å². The molecule has 0 bridgehead atoms. The van der Waals surface area contributed by atoms with Crippen LogP contribution in [0.3, 0.4) is 0 Å². The first-order valence-electron chi connectivity index (χ1n) is 7.17. The largest absolute Gasteiger partial charge is 0.312 e. The number of hydrogen-bond acceptors (Lipinski definition) is 2. The summed E-state index contributed by atoms with van der Waals surface area (Å²) in [7, 11) is 0. The predicted molar refractivity (Wildman–Crippen MR) is 76.2 cm³/mol. The SMILES string of the molecule is CC1N=C(C2(c3ccccc3)CCCCC2)NC1=O. The van der Waals surface area contributed by atoms with E-state index in [9.17, 15) is 4.79 Å². The summed E-state index contributed by atoms with van der Waals surface area (Å²) in [4.78, 5) is 16.4. The minimum atomic E-state index is -0.238. The number of carbonyl (C=O) groups excluding carboxylic acids is 1. The van der Waals surface area contributed by atoms with Gasteiger partial charge in [-0.05, 0) is 25.3 Å². The lowest BCUT2D eigenvalue weighted by atomic mass is 9.68. The van der Waals surface area contributed by atoms with Crippen molar-refractivity contribution < 1.29 is 4.79 Å². The molecule has 2 aliphatic rings. The Morgan fingerprint density at radius 2 is 1.84 bits per heavy atom. The highest BCUT2D eigenvalue weighted by Crippen LogP contribution is 2.41. The molecular formula is C16H20N2O. The Morgan fingerprint density at radius 1 is 1.16 bits per heavy atom. The van der Waals surface area contributed by atoms with Gasteiger partial charge >= 0.3 is 0 Å². The van der Waals surface area contributed by atoms with Crippen LogP contribution in [0, 0.1) is 0 Å². The number of carbonyl (C=O) groups is 1. The van der Waals surface area contributed by atoms with E-state index in [1.807, 2.05) is 13.0 Å². The molecule has 1 unspecified atom stereocenters. The zero-order valence-electron chi connectivity index (χ0n) is 11.4. The van der Waals surface area contributed by atoms with Crippen LogP contribution in [0.25, 0.3) is 0 Å². The van der Waals surface area contributed by atoms with Gasteiger partial charge in [0.25, 0.3) is 0 Å². The quantitative estimate of drug-likeness (QED) is 0.868. The van der Waals surface area contributed by atoms with Crippen molar-refractivity contribution in [2.45, 2.75) is 50.5 Å². The second-order valence-electron chi connectivity index (χ2n) is 5.65. The van der Waals surface area contributed by atoms with Gasteiger partial charge in [-0.2, -0.15) is 0 Å². The van der Waals surface area contributed by atoms with Gasteiger partial charge in [0.1, 0.15) is 11.9 Å². The molecule has 0 aromatic heterocycles. The Bertz CT molecular complexity index is 501. The molecule has 1 fully saturated rings. The van der Waals surface area contributed by atoms with Crippen LogP contribution >= 0.6 is 0 Å². The smallest absolute Gasteiger partial charge is 0.249 e. The summed E-state index contributed by atoms with van der Waals surface area (Å²) in [5.41, 5.74) is 1.22. The summed E-state index contributed by atoms with van der Waals surface area (Å²) >= 11 is 0. The van der Waals surface area contributed by atoms with Crippen molar-refractivity contribution in [3.63, 3.8) is 0 Å².